The number of hydrogen-bond donors (Lipinski definition) is 2. The lowest BCUT2D eigenvalue weighted by Gasteiger charge is -2.38. The summed E-state index contributed by atoms with van der Waals surface area (Å²) in [6.45, 7) is 1.82. The van der Waals surface area contributed by atoms with E-state index in [4.69, 9.17) is 9.47 Å². The van der Waals surface area contributed by atoms with E-state index in [0.29, 0.717) is 43.9 Å². The SMILES string of the molecule is COCCNCC1(O)CCCN(Cc2cc(OC)ccc2F)C1=O. The normalized spacial score (nSPS) is 21.2. The molecule has 0 spiro atoms. The van der Waals surface area contributed by atoms with Crippen LogP contribution in [0.4, 0.5) is 4.39 Å². The first-order chi connectivity index (χ1) is 11.5. The van der Waals surface area contributed by atoms with Crippen LogP contribution in [0.5, 0.6) is 5.75 Å². The van der Waals surface area contributed by atoms with Crippen LogP contribution in [0.3, 0.4) is 0 Å². The molecule has 1 atom stereocenters. The predicted molar refractivity (Wildman–Crippen MR) is 87.3 cm³/mol. The van der Waals surface area contributed by atoms with Gasteiger partial charge in [0, 0.05) is 38.9 Å². The molecule has 0 saturated carbocycles. The van der Waals surface area contributed by atoms with Crippen LogP contribution in [0.1, 0.15) is 18.4 Å². The van der Waals surface area contributed by atoms with Gasteiger partial charge in [0.1, 0.15) is 11.6 Å². The number of nitrogens with one attached hydrogen (secondary N) is 1. The molecule has 1 unspecified atom stereocenters. The Morgan fingerprint density at radius 2 is 2.21 bits per heavy atom. The minimum Gasteiger partial charge on any atom is -0.497 e. The largest absolute Gasteiger partial charge is 0.497 e. The summed E-state index contributed by atoms with van der Waals surface area (Å²) in [5.41, 5.74) is -1.08. The van der Waals surface area contributed by atoms with Crippen molar-refractivity contribution < 1.29 is 23.8 Å². The van der Waals surface area contributed by atoms with Gasteiger partial charge in [-0.15, -0.1) is 0 Å². The molecule has 2 N–H and O–H groups in total. The van der Waals surface area contributed by atoms with Crippen molar-refractivity contribution in [2.45, 2.75) is 25.0 Å². The highest BCUT2D eigenvalue weighted by atomic mass is 19.1. The summed E-state index contributed by atoms with van der Waals surface area (Å²) in [7, 11) is 3.10. The fourth-order valence-corrected chi connectivity index (χ4v) is 2.85. The fraction of sp³-hybridized carbons (Fsp3) is 0.588. The van der Waals surface area contributed by atoms with E-state index in [2.05, 4.69) is 5.32 Å². The van der Waals surface area contributed by atoms with Gasteiger partial charge in [-0.2, -0.15) is 0 Å². The van der Waals surface area contributed by atoms with Crippen LogP contribution in [-0.2, 0) is 16.1 Å². The van der Waals surface area contributed by atoms with E-state index in [0.717, 1.165) is 0 Å². The van der Waals surface area contributed by atoms with Crippen LogP contribution >= 0.6 is 0 Å². The van der Waals surface area contributed by atoms with E-state index in [1.807, 2.05) is 0 Å². The van der Waals surface area contributed by atoms with Gasteiger partial charge in [0.15, 0.2) is 5.60 Å². The second-order valence-corrected chi connectivity index (χ2v) is 5.99. The number of benzene rings is 1. The van der Waals surface area contributed by atoms with Crippen LogP contribution in [-0.4, -0.2) is 62.0 Å². The highest BCUT2D eigenvalue weighted by molar-refractivity contribution is 5.86. The smallest absolute Gasteiger partial charge is 0.256 e. The molecule has 24 heavy (non-hydrogen) atoms. The number of amides is 1. The third-order valence-corrected chi connectivity index (χ3v) is 4.22. The number of carbonyl (C=O) groups is 1. The predicted octanol–water partition coefficient (Wildman–Crippen LogP) is 0.924. The summed E-state index contributed by atoms with van der Waals surface area (Å²) < 4.78 is 24.0. The molecule has 1 heterocycles. The molecule has 0 bridgehead atoms. The van der Waals surface area contributed by atoms with Gasteiger partial charge in [-0.3, -0.25) is 4.79 Å². The van der Waals surface area contributed by atoms with Crippen molar-refractivity contribution in [3.63, 3.8) is 0 Å². The fourth-order valence-electron chi connectivity index (χ4n) is 2.85. The number of ether oxygens (including phenoxy) is 2. The number of methoxy groups -OCH3 is 2. The Hall–Kier alpha value is -1.70. The van der Waals surface area contributed by atoms with E-state index < -0.39 is 11.4 Å². The standard InChI is InChI=1S/C17H25FN2O4/c1-23-9-7-19-12-17(22)6-3-8-20(16(17)21)11-13-10-14(24-2)4-5-15(13)18/h4-5,10,19,22H,3,6-9,11-12H2,1-2H3. The first kappa shape index (κ1) is 18.6. The highest BCUT2D eigenvalue weighted by Crippen LogP contribution is 2.25. The van der Waals surface area contributed by atoms with E-state index in [1.54, 1.807) is 13.2 Å². The Bertz CT molecular complexity index is 570. The second-order valence-electron chi connectivity index (χ2n) is 5.99. The van der Waals surface area contributed by atoms with Gasteiger partial charge in [0.05, 0.1) is 13.7 Å². The molecule has 1 aromatic carbocycles. The Balaban J connectivity index is 2.04. The quantitative estimate of drug-likeness (QED) is 0.689. The van der Waals surface area contributed by atoms with E-state index >= 15 is 0 Å². The lowest BCUT2D eigenvalue weighted by molar-refractivity contribution is -0.157. The van der Waals surface area contributed by atoms with Crippen LogP contribution in [0, 0.1) is 5.82 Å². The molecule has 1 saturated heterocycles. The van der Waals surface area contributed by atoms with Gasteiger partial charge in [-0.25, -0.2) is 4.39 Å². The van der Waals surface area contributed by atoms with Crippen molar-refractivity contribution in [2.24, 2.45) is 0 Å². The van der Waals surface area contributed by atoms with Crippen molar-refractivity contribution in [3.8, 4) is 5.75 Å². The molecule has 1 fully saturated rings. The number of carbonyl (C=O) groups excluding carboxylic acids is 1. The summed E-state index contributed by atoms with van der Waals surface area (Å²) in [6.07, 6.45) is 1.06. The summed E-state index contributed by atoms with van der Waals surface area (Å²) in [6, 6.07) is 4.43. The van der Waals surface area contributed by atoms with Crippen molar-refractivity contribution in [2.75, 3.05) is 40.5 Å². The summed E-state index contributed by atoms with van der Waals surface area (Å²) >= 11 is 0. The van der Waals surface area contributed by atoms with Crippen molar-refractivity contribution in [1.82, 2.24) is 10.2 Å². The molecule has 0 aromatic heterocycles. The molecule has 1 aromatic rings. The van der Waals surface area contributed by atoms with E-state index in [1.165, 1.54) is 24.1 Å². The third-order valence-electron chi connectivity index (χ3n) is 4.22. The maximum absolute atomic E-state index is 14.0. The van der Waals surface area contributed by atoms with E-state index in [9.17, 15) is 14.3 Å². The molecule has 1 aliphatic rings. The molecule has 7 heteroatoms. The summed E-state index contributed by atoms with van der Waals surface area (Å²) in [5.74, 6) is -0.232. The first-order valence-electron chi connectivity index (χ1n) is 8.04. The number of likely N-dealkylation sites (tertiary alicyclic amines) is 1. The minimum atomic E-state index is -1.46. The summed E-state index contributed by atoms with van der Waals surface area (Å²) in [5, 5.41) is 13.7. The lowest BCUT2D eigenvalue weighted by Crippen LogP contribution is -2.58. The number of rotatable bonds is 8. The average Bonchev–Trinajstić information content (AvgIpc) is 2.58. The minimum absolute atomic E-state index is 0.113. The molecule has 6 nitrogen and oxygen atoms in total. The van der Waals surface area contributed by atoms with Gasteiger partial charge >= 0.3 is 0 Å². The Labute approximate surface area is 141 Å². The lowest BCUT2D eigenvalue weighted by atomic mass is 9.91. The van der Waals surface area contributed by atoms with Crippen molar-refractivity contribution >= 4 is 5.91 Å². The van der Waals surface area contributed by atoms with Gasteiger partial charge < -0.3 is 24.8 Å². The molecule has 2 rings (SSSR count). The molecule has 0 aliphatic carbocycles. The molecular weight excluding hydrogens is 315 g/mol. The number of nitrogens with zero attached hydrogens (tertiary/aromatic N) is 1. The number of halogens is 1. The number of aliphatic hydroxyl groups is 1. The topological polar surface area (TPSA) is 71.0 Å². The zero-order valence-electron chi connectivity index (χ0n) is 14.2. The average molecular weight is 340 g/mol. The molecule has 0 radical (unpaired) electrons. The maximum atomic E-state index is 14.0. The Morgan fingerprint density at radius 3 is 2.92 bits per heavy atom. The zero-order valence-corrected chi connectivity index (χ0v) is 14.2. The van der Waals surface area contributed by atoms with Gasteiger partial charge in [0.25, 0.3) is 5.91 Å². The second kappa shape index (κ2) is 8.41. The van der Waals surface area contributed by atoms with Crippen LogP contribution in [0.2, 0.25) is 0 Å². The van der Waals surface area contributed by atoms with Gasteiger partial charge in [-0.05, 0) is 31.0 Å². The van der Waals surface area contributed by atoms with Gasteiger partial charge in [-0.1, -0.05) is 0 Å². The van der Waals surface area contributed by atoms with Crippen molar-refractivity contribution in [3.05, 3.63) is 29.6 Å². The van der Waals surface area contributed by atoms with Crippen molar-refractivity contribution in [1.29, 1.82) is 0 Å². The first-order valence-corrected chi connectivity index (χ1v) is 8.04. The maximum Gasteiger partial charge on any atom is 0.256 e. The number of piperidine rings is 1. The molecule has 134 valence electrons. The van der Waals surface area contributed by atoms with Gasteiger partial charge in [0.2, 0.25) is 0 Å². The third kappa shape index (κ3) is 4.43. The van der Waals surface area contributed by atoms with Crippen LogP contribution < -0.4 is 10.1 Å². The Morgan fingerprint density at radius 1 is 1.42 bits per heavy atom. The Kier molecular flexibility index (Phi) is 6.53. The molecule has 1 aliphatic heterocycles. The van der Waals surface area contributed by atoms with Crippen LogP contribution in [0.25, 0.3) is 0 Å². The van der Waals surface area contributed by atoms with E-state index in [-0.39, 0.29) is 19.0 Å². The number of hydrogen-bond acceptors (Lipinski definition) is 5. The highest BCUT2D eigenvalue weighted by Gasteiger charge is 2.41. The summed E-state index contributed by atoms with van der Waals surface area (Å²) in [4.78, 5) is 14.1. The molecule has 1 amide bonds. The zero-order chi connectivity index (χ0) is 17.6. The monoisotopic (exact) mass is 340 g/mol. The van der Waals surface area contributed by atoms with Crippen LogP contribution in [0.15, 0.2) is 18.2 Å². The molecular formula is C17H25FN2O4.